The molecule has 4 nitrogen and oxygen atoms in total. The van der Waals surface area contributed by atoms with Crippen LogP contribution in [0.5, 0.6) is 0 Å². The van der Waals surface area contributed by atoms with Crippen molar-refractivity contribution in [1.82, 2.24) is 0 Å². The van der Waals surface area contributed by atoms with E-state index in [1.54, 1.807) is 0 Å². The minimum Gasteiger partial charge on any atom is -0.696 e. The standard InChI is InChI=1S/C14H28N.C14H24N.2CHNS.Cu/c2*1-3-5-7-13(8-6-4-2)14-9-11-15-12-10-14;2*2-1-3;/h13-14H,3-12H2,1-2H3;9-11,13H,3-8,12H2,1-2H3;2*3H;/q2*-1;;;/p-2. The molecule has 1 saturated heterocycles. The number of hydrogen-bond acceptors (Lipinski definition) is 4. The van der Waals surface area contributed by atoms with Crippen molar-refractivity contribution in [2.75, 3.05) is 19.6 Å². The Bertz CT molecular complexity index is 580. The molecule has 0 amide bonds. The zero-order chi connectivity index (χ0) is 27.3. The van der Waals surface area contributed by atoms with Gasteiger partial charge in [-0.15, -0.1) is 19.6 Å². The smallest absolute Gasteiger partial charge is 0 e. The van der Waals surface area contributed by atoms with Crippen molar-refractivity contribution in [3.05, 3.63) is 34.6 Å². The maximum Gasteiger partial charge on any atom is 0 e. The van der Waals surface area contributed by atoms with Crippen LogP contribution in [-0.4, -0.2) is 19.6 Å². The summed E-state index contributed by atoms with van der Waals surface area (Å²) >= 11 is 7.40. The molecule has 0 aromatic heterocycles. The van der Waals surface area contributed by atoms with E-state index in [0.29, 0.717) is 0 Å². The van der Waals surface area contributed by atoms with Crippen LogP contribution >= 0.6 is 0 Å². The number of allylic oxidation sites excluding steroid dienone is 2. The average Bonchev–Trinajstić information content (AvgIpc) is 2.91. The van der Waals surface area contributed by atoms with Crippen LogP contribution in [0.25, 0.3) is 10.6 Å². The van der Waals surface area contributed by atoms with Gasteiger partial charge in [-0.25, -0.2) is 10.5 Å². The van der Waals surface area contributed by atoms with Crippen molar-refractivity contribution in [2.45, 2.75) is 118 Å². The molecular formula is C30H52CuN4S2-4. The average molecular weight is 596 g/mol. The number of hydrogen-bond donors (Lipinski definition) is 0. The van der Waals surface area contributed by atoms with Crippen LogP contribution in [0, 0.1) is 39.1 Å². The molecule has 37 heavy (non-hydrogen) atoms. The van der Waals surface area contributed by atoms with Crippen LogP contribution in [0.15, 0.2) is 23.9 Å². The minimum absolute atomic E-state index is 0. The first-order chi connectivity index (χ1) is 17.6. The fourth-order valence-electron chi connectivity index (χ4n) is 4.90. The topological polar surface area (TPSA) is 75.8 Å². The van der Waals surface area contributed by atoms with Gasteiger partial charge in [0.15, 0.2) is 0 Å². The van der Waals surface area contributed by atoms with Crippen LogP contribution in [0.2, 0.25) is 0 Å². The molecule has 7 heteroatoms. The molecule has 0 atom stereocenters. The number of rotatable bonds is 14. The van der Waals surface area contributed by atoms with Crippen LogP contribution in [0.1, 0.15) is 118 Å². The van der Waals surface area contributed by atoms with Crippen molar-refractivity contribution in [3.63, 3.8) is 0 Å². The molecule has 219 valence electrons. The number of nitrogens with zero attached hydrogens (tertiary/aromatic N) is 4. The van der Waals surface area contributed by atoms with E-state index >= 15 is 0 Å². The summed E-state index contributed by atoms with van der Waals surface area (Å²) in [4.78, 5) is 0. The molecule has 0 spiro atoms. The fraction of sp³-hybridized carbons (Fsp3) is 0.800. The monoisotopic (exact) mass is 595 g/mol. The number of unbranched alkanes of at least 4 members (excludes halogenated alkanes) is 4. The zero-order valence-corrected chi connectivity index (χ0v) is 26.5. The van der Waals surface area contributed by atoms with Gasteiger partial charge in [-0.2, -0.15) is 6.20 Å². The third-order valence-electron chi connectivity index (χ3n) is 6.93. The SMILES string of the molecule is CCCCC(CCCC)C1=CC[N-]C=C1.CCCCC(CCCC)C1CC[N-]CC1.N#C[S-].N#C[S-].[Cu]. The van der Waals surface area contributed by atoms with Gasteiger partial charge in [-0.3, -0.25) is 0 Å². The second-order valence-electron chi connectivity index (χ2n) is 9.60. The van der Waals surface area contributed by atoms with Crippen molar-refractivity contribution < 1.29 is 17.1 Å². The molecule has 1 radical (unpaired) electrons. The molecular weight excluding hydrogens is 544 g/mol. The summed E-state index contributed by atoms with van der Waals surface area (Å²) in [5.41, 5.74) is 1.53. The third kappa shape index (κ3) is 25.2. The van der Waals surface area contributed by atoms with Crippen LogP contribution in [0.3, 0.4) is 0 Å². The Morgan fingerprint density at radius 3 is 1.65 bits per heavy atom. The third-order valence-corrected chi connectivity index (χ3v) is 6.93. The van der Waals surface area contributed by atoms with Crippen molar-refractivity contribution >= 4 is 25.3 Å². The molecule has 0 bridgehead atoms. The molecule has 0 aromatic carbocycles. The second kappa shape index (κ2) is 33.2. The molecule has 0 unspecified atom stereocenters. The summed E-state index contributed by atoms with van der Waals surface area (Å²) in [6, 6.07) is 0. The predicted octanol–water partition coefficient (Wildman–Crippen LogP) is 9.60. The summed E-state index contributed by atoms with van der Waals surface area (Å²) in [6.45, 7) is 12.3. The van der Waals surface area contributed by atoms with Crippen LogP contribution in [-0.2, 0) is 42.3 Å². The van der Waals surface area contributed by atoms with Crippen molar-refractivity contribution in [3.8, 4) is 10.8 Å². The number of piperidine rings is 1. The van der Waals surface area contributed by atoms with Crippen molar-refractivity contribution in [2.24, 2.45) is 17.8 Å². The molecule has 0 saturated carbocycles. The maximum atomic E-state index is 7.13. The van der Waals surface area contributed by atoms with Crippen molar-refractivity contribution in [1.29, 1.82) is 10.5 Å². The summed E-state index contributed by atoms with van der Waals surface area (Å²) in [6.07, 6.45) is 25.8. The van der Waals surface area contributed by atoms with Gasteiger partial charge in [0.2, 0.25) is 0 Å². The van der Waals surface area contributed by atoms with Crippen LogP contribution < -0.4 is 0 Å². The molecule has 0 aliphatic carbocycles. The number of thiocyanates is 2. The Morgan fingerprint density at radius 1 is 0.838 bits per heavy atom. The Hall–Kier alpha value is -0.821. The van der Waals surface area contributed by atoms with Gasteiger partial charge >= 0.3 is 0 Å². The predicted molar refractivity (Wildman–Crippen MR) is 162 cm³/mol. The van der Waals surface area contributed by atoms with E-state index in [4.69, 9.17) is 10.5 Å². The van der Waals surface area contributed by atoms with E-state index in [1.807, 2.05) is 6.20 Å². The summed E-state index contributed by atoms with van der Waals surface area (Å²) in [5.74, 6) is 2.80. The summed E-state index contributed by atoms with van der Waals surface area (Å²) < 4.78 is 0. The van der Waals surface area contributed by atoms with E-state index < -0.39 is 0 Å². The normalized spacial score (nSPS) is 14.1. The molecule has 2 aliphatic rings. The first-order valence-corrected chi connectivity index (χ1v) is 15.1. The second-order valence-corrected chi connectivity index (χ2v) is 9.97. The van der Waals surface area contributed by atoms with Crippen LogP contribution in [0.4, 0.5) is 0 Å². The first kappa shape index (κ1) is 40.7. The van der Waals surface area contributed by atoms with E-state index in [0.717, 1.165) is 37.4 Å². The fourth-order valence-corrected chi connectivity index (χ4v) is 4.90. The van der Waals surface area contributed by atoms with Gasteiger partial charge in [-0.05, 0) is 30.6 Å². The Morgan fingerprint density at radius 2 is 1.27 bits per heavy atom. The van der Waals surface area contributed by atoms with Gasteiger partial charge in [0.05, 0.1) is 0 Å². The Balaban J connectivity index is -0.000000504. The van der Waals surface area contributed by atoms with E-state index in [-0.39, 0.29) is 17.1 Å². The molecule has 1 fully saturated rings. The maximum absolute atomic E-state index is 7.13. The summed E-state index contributed by atoms with van der Waals surface area (Å²) in [7, 11) is 0. The minimum atomic E-state index is 0. The zero-order valence-electron chi connectivity index (χ0n) is 23.9. The molecule has 0 N–H and O–H groups in total. The van der Waals surface area contributed by atoms with Gasteiger partial charge in [0.25, 0.3) is 0 Å². The molecule has 0 aromatic rings. The quantitative estimate of drug-likeness (QED) is 0.114. The molecule has 2 heterocycles. The number of nitriles is 2. The van der Waals surface area contributed by atoms with E-state index in [2.05, 4.69) is 75.7 Å². The Labute approximate surface area is 252 Å². The van der Waals surface area contributed by atoms with Gasteiger partial charge < -0.3 is 35.9 Å². The van der Waals surface area contributed by atoms with Gasteiger partial charge in [0.1, 0.15) is 0 Å². The Kier molecular flexibility index (Phi) is 36.5. The van der Waals surface area contributed by atoms with Gasteiger partial charge in [-0.1, -0.05) is 133 Å². The van der Waals surface area contributed by atoms with E-state index in [9.17, 15) is 0 Å². The van der Waals surface area contributed by atoms with E-state index in [1.165, 1.54) is 106 Å². The summed E-state index contributed by atoms with van der Waals surface area (Å²) in [5, 5.41) is 25.6. The molecule has 2 aliphatic heterocycles. The van der Waals surface area contributed by atoms with Gasteiger partial charge in [0, 0.05) is 17.1 Å². The molecule has 2 rings (SSSR count). The largest absolute Gasteiger partial charge is 0.696 e. The first-order valence-electron chi connectivity index (χ1n) is 14.3.